The zero-order valence-corrected chi connectivity index (χ0v) is 12.6. The third-order valence-electron chi connectivity index (χ3n) is 3.63. The van der Waals surface area contributed by atoms with E-state index in [0.29, 0.717) is 0 Å². The van der Waals surface area contributed by atoms with E-state index >= 15 is 0 Å². The molecule has 1 heterocycles. The predicted molar refractivity (Wildman–Crippen MR) is 79.1 cm³/mol. The summed E-state index contributed by atoms with van der Waals surface area (Å²) in [7, 11) is 1.93. The third-order valence-corrected chi connectivity index (χ3v) is 3.63. The van der Waals surface area contributed by atoms with Crippen molar-refractivity contribution in [1.82, 2.24) is 15.1 Å². The predicted octanol–water partition coefficient (Wildman–Crippen LogP) is 2.99. The van der Waals surface area contributed by atoms with Crippen molar-refractivity contribution in [3.8, 4) is 0 Å². The maximum atomic E-state index is 13.1. The smallest absolute Gasteiger partial charge is 0.123 e. The molecule has 0 bridgehead atoms. The third kappa shape index (κ3) is 2.90. The first-order valence-corrected chi connectivity index (χ1v) is 6.95. The number of hydrogen-bond donors (Lipinski definition) is 1. The Kier molecular flexibility index (Phi) is 4.23. The summed E-state index contributed by atoms with van der Waals surface area (Å²) >= 11 is 0. The van der Waals surface area contributed by atoms with Gasteiger partial charge in [-0.3, -0.25) is 4.68 Å². The molecule has 2 aromatic rings. The van der Waals surface area contributed by atoms with Gasteiger partial charge < -0.3 is 5.32 Å². The van der Waals surface area contributed by atoms with Gasteiger partial charge in [0.05, 0.1) is 5.69 Å². The Morgan fingerprint density at radius 2 is 1.90 bits per heavy atom. The molecule has 0 radical (unpaired) electrons. The van der Waals surface area contributed by atoms with Gasteiger partial charge in [-0.25, -0.2) is 4.39 Å². The van der Waals surface area contributed by atoms with Gasteiger partial charge in [-0.05, 0) is 24.2 Å². The number of benzene rings is 1. The molecule has 0 spiro atoms. The molecule has 0 saturated carbocycles. The Morgan fingerprint density at radius 3 is 2.50 bits per heavy atom. The molecule has 108 valence electrons. The molecule has 4 heteroatoms. The van der Waals surface area contributed by atoms with E-state index in [1.54, 1.807) is 0 Å². The van der Waals surface area contributed by atoms with Crippen molar-refractivity contribution in [2.24, 2.45) is 7.05 Å². The number of hydrogen-bond acceptors (Lipinski definition) is 2. The molecule has 0 atom stereocenters. The Morgan fingerprint density at radius 1 is 1.25 bits per heavy atom. The molecule has 1 aromatic heterocycles. The lowest BCUT2D eigenvalue weighted by molar-refractivity contribution is 0.578. The highest BCUT2D eigenvalue weighted by Crippen LogP contribution is 2.32. The van der Waals surface area contributed by atoms with Crippen LogP contribution in [-0.2, 0) is 19.0 Å². The first kappa shape index (κ1) is 14.7. The van der Waals surface area contributed by atoms with Crippen molar-refractivity contribution in [1.29, 1.82) is 0 Å². The molecule has 0 amide bonds. The molecule has 0 aliphatic heterocycles. The quantitative estimate of drug-likeness (QED) is 0.909. The van der Waals surface area contributed by atoms with Crippen LogP contribution in [0, 0.1) is 5.82 Å². The normalized spacial score (nSPS) is 11.8. The van der Waals surface area contributed by atoms with Crippen molar-refractivity contribution < 1.29 is 4.39 Å². The maximum Gasteiger partial charge on any atom is 0.123 e. The van der Waals surface area contributed by atoms with E-state index < -0.39 is 0 Å². The van der Waals surface area contributed by atoms with Gasteiger partial charge in [0.2, 0.25) is 0 Å². The van der Waals surface area contributed by atoms with Gasteiger partial charge in [0, 0.05) is 30.8 Å². The molecule has 1 N–H and O–H groups in total. The van der Waals surface area contributed by atoms with Gasteiger partial charge in [-0.15, -0.1) is 0 Å². The molecule has 1 aromatic carbocycles. The number of aromatic nitrogens is 2. The van der Waals surface area contributed by atoms with Crippen LogP contribution < -0.4 is 5.32 Å². The van der Waals surface area contributed by atoms with Crippen LogP contribution in [0.25, 0.3) is 0 Å². The second-order valence-electron chi connectivity index (χ2n) is 5.59. The van der Waals surface area contributed by atoms with Crippen LogP contribution in [-0.4, -0.2) is 16.3 Å². The molecule has 0 aliphatic carbocycles. The minimum absolute atomic E-state index is 0.210. The number of rotatable bonds is 5. The number of aryl methyl sites for hydroxylation is 1. The van der Waals surface area contributed by atoms with Crippen LogP contribution >= 0.6 is 0 Å². The minimum Gasteiger partial charge on any atom is -0.313 e. The van der Waals surface area contributed by atoms with E-state index in [1.807, 2.05) is 30.1 Å². The van der Waals surface area contributed by atoms with Gasteiger partial charge in [-0.1, -0.05) is 32.9 Å². The Balaban J connectivity index is 2.40. The van der Waals surface area contributed by atoms with Crippen molar-refractivity contribution >= 4 is 0 Å². The second kappa shape index (κ2) is 5.75. The maximum absolute atomic E-state index is 13.1. The van der Waals surface area contributed by atoms with Gasteiger partial charge in [0.25, 0.3) is 0 Å². The van der Waals surface area contributed by atoms with Crippen LogP contribution in [0.1, 0.15) is 37.6 Å². The van der Waals surface area contributed by atoms with Crippen molar-refractivity contribution in [2.75, 3.05) is 6.54 Å². The van der Waals surface area contributed by atoms with Crippen LogP contribution in [0.3, 0.4) is 0 Å². The zero-order chi connectivity index (χ0) is 14.8. The first-order chi connectivity index (χ1) is 9.45. The van der Waals surface area contributed by atoms with Crippen LogP contribution in [0.2, 0.25) is 0 Å². The largest absolute Gasteiger partial charge is 0.313 e. The number of nitrogens with zero attached hydrogens (tertiary/aromatic N) is 2. The fourth-order valence-corrected chi connectivity index (χ4v) is 2.46. The van der Waals surface area contributed by atoms with E-state index in [9.17, 15) is 4.39 Å². The van der Waals surface area contributed by atoms with E-state index in [2.05, 4.69) is 31.2 Å². The second-order valence-corrected chi connectivity index (χ2v) is 5.59. The van der Waals surface area contributed by atoms with Crippen molar-refractivity contribution in [3.05, 3.63) is 53.1 Å². The van der Waals surface area contributed by atoms with Crippen LogP contribution in [0.4, 0.5) is 4.39 Å². The van der Waals surface area contributed by atoms with E-state index in [4.69, 9.17) is 0 Å². The van der Waals surface area contributed by atoms with Gasteiger partial charge in [-0.2, -0.15) is 5.10 Å². The lowest BCUT2D eigenvalue weighted by Crippen LogP contribution is -2.23. The van der Waals surface area contributed by atoms with Gasteiger partial charge in [0.1, 0.15) is 5.82 Å². The van der Waals surface area contributed by atoms with E-state index in [0.717, 1.165) is 24.3 Å². The zero-order valence-electron chi connectivity index (χ0n) is 12.6. The highest BCUT2D eigenvalue weighted by Gasteiger charge is 2.28. The summed E-state index contributed by atoms with van der Waals surface area (Å²) in [4.78, 5) is 0. The Hall–Kier alpha value is -1.68. The SMILES string of the molecule is CCNCc1cn(C)nc1C(C)(C)c1ccc(F)cc1. The lowest BCUT2D eigenvalue weighted by atomic mass is 9.80. The summed E-state index contributed by atoms with van der Waals surface area (Å²) in [6, 6.07) is 6.68. The fraction of sp³-hybridized carbons (Fsp3) is 0.438. The molecule has 0 aliphatic rings. The highest BCUT2D eigenvalue weighted by molar-refractivity contribution is 5.37. The molecule has 20 heavy (non-hydrogen) atoms. The summed E-state index contributed by atoms with van der Waals surface area (Å²) in [5.74, 6) is -0.210. The summed E-state index contributed by atoms with van der Waals surface area (Å²) in [6.45, 7) is 8.05. The van der Waals surface area contributed by atoms with Crippen LogP contribution in [0.5, 0.6) is 0 Å². The van der Waals surface area contributed by atoms with Gasteiger partial charge in [0.15, 0.2) is 0 Å². The Labute approximate surface area is 119 Å². The monoisotopic (exact) mass is 275 g/mol. The first-order valence-electron chi connectivity index (χ1n) is 6.95. The molecular formula is C16H22FN3. The lowest BCUT2D eigenvalue weighted by Gasteiger charge is -2.25. The molecule has 2 rings (SSSR count). The average molecular weight is 275 g/mol. The number of halogens is 1. The van der Waals surface area contributed by atoms with E-state index in [-0.39, 0.29) is 11.2 Å². The summed E-state index contributed by atoms with van der Waals surface area (Å²) in [5, 5.41) is 7.95. The topological polar surface area (TPSA) is 29.9 Å². The minimum atomic E-state index is -0.250. The van der Waals surface area contributed by atoms with Gasteiger partial charge >= 0.3 is 0 Å². The summed E-state index contributed by atoms with van der Waals surface area (Å²) in [6.07, 6.45) is 2.04. The highest BCUT2D eigenvalue weighted by atomic mass is 19.1. The Bertz CT molecular complexity index is 570. The van der Waals surface area contributed by atoms with Crippen LogP contribution in [0.15, 0.2) is 30.5 Å². The molecule has 0 saturated heterocycles. The van der Waals surface area contributed by atoms with Crippen molar-refractivity contribution in [3.63, 3.8) is 0 Å². The number of nitrogens with one attached hydrogen (secondary N) is 1. The molecular weight excluding hydrogens is 253 g/mol. The molecule has 3 nitrogen and oxygen atoms in total. The fourth-order valence-electron chi connectivity index (χ4n) is 2.46. The molecule has 0 fully saturated rings. The average Bonchev–Trinajstić information content (AvgIpc) is 2.79. The summed E-state index contributed by atoms with van der Waals surface area (Å²) in [5.41, 5.74) is 3.03. The molecule has 0 unspecified atom stereocenters. The van der Waals surface area contributed by atoms with Crippen molar-refractivity contribution in [2.45, 2.75) is 32.7 Å². The van der Waals surface area contributed by atoms with E-state index in [1.165, 1.54) is 17.7 Å². The standard InChI is InChI=1S/C16H22FN3/c1-5-18-10-12-11-20(4)19-15(12)16(2,3)13-6-8-14(17)9-7-13/h6-9,11,18H,5,10H2,1-4H3. The summed E-state index contributed by atoms with van der Waals surface area (Å²) < 4.78 is 14.9.